The van der Waals surface area contributed by atoms with Gasteiger partial charge in [0.2, 0.25) is 0 Å². The Labute approximate surface area is 118 Å². The van der Waals surface area contributed by atoms with Crippen LogP contribution in [0, 0.1) is 0 Å². The van der Waals surface area contributed by atoms with E-state index in [2.05, 4.69) is 15.3 Å². The summed E-state index contributed by atoms with van der Waals surface area (Å²) < 4.78 is 22.0. The summed E-state index contributed by atoms with van der Waals surface area (Å²) in [6, 6.07) is -0.389. The molecule has 1 N–H and O–H groups in total. The number of amides is 1. The zero-order valence-electron chi connectivity index (χ0n) is 11.4. The Kier molecular flexibility index (Phi) is 4.17. The number of hydrogen-bond acceptors (Lipinski definition) is 5. The van der Waals surface area contributed by atoms with Crippen LogP contribution in [0.15, 0.2) is 23.9 Å². The first-order valence-corrected chi connectivity index (χ1v) is 8.31. The molecule has 1 aromatic rings. The number of carbonyl (C=O) groups is 1. The molecule has 0 spiro atoms. The normalized spacial score (nSPS) is 17.1. The number of sulfone groups is 1. The monoisotopic (exact) mass is 295 g/mol. The predicted octanol–water partition coefficient (Wildman–Crippen LogP) is 1.03. The summed E-state index contributed by atoms with van der Waals surface area (Å²) >= 11 is 0. The molecule has 20 heavy (non-hydrogen) atoms. The van der Waals surface area contributed by atoms with Crippen molar-refractivity contribution in [3.63, 3.8) is 0 Å². The van der Waals surface area contributed by atoms with E-state index in [9.17, 15) is 13.2 Å². The van der Waals surface area contributed by atoms with Crippen LogP contribution in [0.25, 0.3) is 0 Å². The van der Waals surface area contributed by atoms with E-state index in [1.807, 2.05) is 0 Å². The Morgan fingerprint density at radius 3 is 2.50 bits per heavy atom. The van der Waals surface area contributed by atoms with Crippen LogP contribution in [0.2, 0.25) is 0 Å². The molecule has 6 nitrogen and oxygen atoms in total. The minimum absolute atomic E-state index is 0.321. The topological polar surface area (TPSA) is 89.0 Å². The van der Waals surface area contributed by atoms with Gasteiger partial charge in [0.1, 0.15) is 5.82 Å². The summed E-state index contributed by atoms with van der Waals surface area (Å²) in [4.78, 5) is 20.2. The number of rotatable bonds is 5. The van der Waals surface area contributed by atoms with Crippen molar-refractivity contribution in [3.05, 3.63) is 35.3 Å². The van der Waals surface area contributed by atoms with Crippen molar-refractivity contribution in [2.45, 2.75) is 31.7 Å². The highest BCUT2D eigenvalue weighted by Crippen LogP contribution is 2.37. The largest absolute Gasteiger partial charge is 0.346 e. The Morgan fingerprint density at radius 1 is 1.40 bits per heavy atom. The highest BCUT2D eigenvalue weighted by atomic mass is 32.2. The highest BCUT2D eigenvalue weighted by Gasteiger charge is 2.26. The molecule has 1 heterocycles. The molecule has 1 aliphatic carbocycles. The summed E-state index contributed by atoms with van der Waals surface area (Å²) in [6.07, 6.45) is 7.75. The number of aromatic nitrogens is 2. The fourth-order valence-corrected chi connectivity index (χ4v) is 2.13. The SMILES string of the molecule is C[C@@H](/C=C/S(C)(=O)=O)NC(=O)c1cnc(C2CC2)nc1. The van der Waals surface area contributed by atoms with Gasteiger partial charge in [-0.2, -0.15) is 0 Å². The van der Waals surface area contributed by atoms with Crippen molar-refractivity contribution in [1.29, 1.82) is 0 Å². The van der Waals surface area contributed by atoms with Crippen LogP contribution in [0.3, 0.4) is 0 Å². The molecule has 108 valence electrons. The molecule has 1 aromatic heterocycles. The summed E-state index contributed by atoms with van der Waals surface area (Å²) in [7, 11) is -3.18. The quantitative estimate of drug-likeness (QED) is 0.876. The lowest BCUT2D eigenvalue weighted by Crippen LogP contribution is -2.31. The first-order chi connectivity index (χ1) is 9.35. The Morgan fingerprint density at radius 2 is 2.00 bits per heavy atom. The summed E-state index contributed by atoms with van der Waals surface area (Å²) in [5, 5.41) is 3.74. The van der Waals surface area contributed by atoms with E-state index in [0.29, 0.717) is 11.5 Å². The molecule has 1 amide bonds. The summed E-state index contributed by atoms with van der Waals surface area (Å²) in [5.41, 5.74) is 0.369. The van der Waals surface area contributed by atoms with Gasteiger partial charge in [-0.1, -0.05) is 6.08 Å². The first kappa shape index (κ1) is 14.6. The Balaban J connectivity index is 1.95. The van der Waals surface area contributed by atoms with Crippen molar-refractivity contribution in [2.24, 2.45) is 0 Å². The molecular weight excluding hydrogens is 278 g/mol. The minimum Gasteiger partial charge on any atom is -0.346 e. The third kappa shape index (κ3) is 4.41. The van der Waals surface area contributed by atoms with E-state index in [1.54, 1.807) is 6.92 Å². The van der Waals surface area contributed by atoms with Crippen molar-refractivity contribution >= 4 is 15.7 Å². The van der Waals surface area contributed by atoms with Gasteiger partial charge in [0, 0.05) is 36.0 Å². The van der Waals surface area contributed by atoms with Gasteiger partial charge in [-0.3, -0.25) is 4.79 Å². The standard InChI is InChI=1S/C13H17N3O3S/c1-9(5-6-20(2,18)19)16-13(17)11-7-14-12(15-8-11)10-3-4-10/h5-10H,3-4H2,1-2H3,(H,16,17)/b6-5+/t9-/m0/s1. The van der Waals surface area contributed by atoms with E-state index in [0.717, 1.165) is 30.3 Å². The van der Waals surface area contributed by atoms with Crippen molar-refractivity contribution in [1.82, 2.24) is 15.3 Å². The summed E-state index contributed by atoms with van der Waals surface area (Å²) in [5.74, 6) is 0.910. The lowest BCUT2D eigenvalue weighted by atomic mass is 10.2. The maximum absolute atomic E-state index is 11.9. The van der Waals surface area contributed by atoms with Crippen LogP contribution in [-0.4, -0.2) is 36.6 Å². The molecule has 0 bridgehead atoms. The van der Waals surface area contributed by atoms with Gasteiger partial charge in [-0.05, 0) is 19.8 Å². The number of nitrogens with one attached hydrogen (secondary N) is 1. The average molecular weight is 295 g/mol. The van der Waals surface area contributed by atoms with Crippen molar-refractivity contribution < 1.29 is 13.2 Å². The van der Waals surface area contributed by atoms with Crippen LogP contribution >= 0.6 is 0 Å². The fourth-order valence-electron chi connectivity index (χ4n) is 1.61. The smallest absolute Gasteiger partial charge is 0.254 e. The summed E-state index contributed by atoms with van der Waals surface area (Å²) in [6.45, 7) is 1.69. The van der Waals surface area contributed by atoms with Gasteiger partial charge < -0.3 is 5.32 Å². The molecule has 7 heteroatoms. The highest BCUT2D eigenvalue weighted by molar-refractivity contribution is 7.93. The fraction of sp³-hybridized carbons (Fsp3) is 0.462. The molecule has 0 aliphatic heterocycles. The molecular formula is C13H17N3O3S. The van der Waals surface area contributed by atoms with Crippen LogP contribution in [0.5, 0.6) is 0 Å². The van der Waals surface area contributed by atoms with Gasteiger partial charge in [-0.15, -0.1) is 0 Å². The Bertz CT molecular complexity index is 619. The van der Waals surface area contributed by atoms with Crippen LogP contribution < -0.4 is 5.32 Å². The van der Waals surface area contributed by atoms with Gasteiger partial charge in [-0.25, -0.2) is 18.4 Å². The third-order valence-electron chi connectivity index (χ3n) is 2.85. The van der Waals surface area contributed by atoms with E-state index in [-0.39, 0.29) is 11.9 Å². The van der Waals surface area contributed by atoms with E-state index < -0.39 is 9.84 Å². The van der Waals surface area contributed by atoms with Crippen LogP contribution in [0.1, 0.15) is 41.9 Å². The van der Waals surface area contributed by atoms with Crippen LogP contribution in [-0.2, 0) is 9.84 Å². The minimum atomic E-state index is -3.18. The number of hydrogen-bond donors (Lipinski definition) is 1. The molecule has 1 aliphatic rings. The zero-order chi connectivity index (χ0) is 14.8. The Hall–Kier alpha value is -1.76. The van der Waals surface area contributed by atoms with Gasteiger partial charge in [0.25, 0.3) is 5.91 Å². The molecule has 0 aromatic carbocycles. The third-order valence-corrected chi connectivity index (χ3v) is 3.50. The zero-order valence-corrected chi connectivity index (χ0v) is 12.2. The first-order valence-electron chi connectivity index (χ1n) is 6.36. The maximum atomic E-state index is 11.9. The second kappa shape index (κ2) is 5.70. The van der Waals surface area contributed by atoms with E-state index in [1.165, 1.54) is 18.5 Å². The molecule has 0 saturated heterocycles. The second-order valence-electron chi connectivity index (χ2n) is 5.02. The average Bonchev–Trinajstić information content (AvgIpc) is 3.20. The van der Waals surface area contributed by atoms with E-state index in [4.69, 9.17) is 0 Å². The van der Waals surface area contributed by atoms with Gasteiger partial charge in [0.05, 0.1) is 5.56 Å². The van der Waals surface area contributed by atoms with E-state index >= 15 is 0 Å². The molecule has 0 radical (unpaired) electrons. The lowest BCUT2D eigenvalue weighted by Gasteiger charge is -2.09. The van der Waals surface area contributed by atoms with Crippen LogP contribution in [0.4, 0.5) is 0 Å². The molecule has 0 unspecified atom stereocenters. The molecule has 2 rings (SSSR count). The number of carbonyl (C=O) groups excluding carboxylic acids is 1. The lowest BCUT2D eigenvalue weighted by molar-refractivity contribution is 0.0946. The van der Waals surface area contributed by atoms with Gasteiger partial charge >= 0.3 is 0 Å². The van der Waals surface area contributed by atoms with Crippen molar-refractivity contribution in [2.75, 3.05) is 6.26 Å². The maximum Gasteiger partial charge on any atom is 0.254 e. The molecule has 1 atom stereocenters. The molecule has 1 saturated carbocycles. The molecule has 1 fully saturated rings. The van der Waals surface area contributed by atoms with Gasteiger partial charge in [0.15, 0.2) is 9.84 Å². The predicted molar refractivity (Wildman–Crippen MR) is 74.9 cm³/mol. The second-order valence-corrected chi connectivity index (χ2v) is 6.96. The number of nitrogens with zero attached hydrogens (tertiary/aromatic N) is 2. The van der Waals surface area contributed by atoms with Crippen molar-refractivity contribution in [3.8, 4) is 0 Å².